The van der Waals surface area contributed by atoms with Crippen molar-refractivity contribution in [3.05, 3.63) is 0 Å². The lowest BCUT2D eigenvalue weighted by atomic mass is 9.53. The Hall–Kier alpha value is 0.177. The second-order valence-electron chi connectivity index (χ2n) is 7.57. The third-order valence-electron chi connectivity index (χ3n) is 4.68. The first kappa shape index (κ1) is 10.3. The van der Waals surface area contributed by atoms with E-state index in [1.807, 2.05) is 0 Å². The topological polar surface area (TPSA) is 12.0 Å². The number of hydrogen-bond acceptors (Lipinski definition) is 1. The highest BCUT2D eigenvalue weighted by atomic mass is 28.3. The maximum Gasteiger partial charge on any atom is 0.116 e. The van der Waals surface area contributed by atoms with Gasteiger partial charge in [-0.25, -0.2) is 0 Å². The molecule has 4 fully saturated rings. The molecule has 0 aromatic carbocycles. The van der Waals surface area contributed by atoms with Crippen LogP contribution in [0.25, 0.3) is 0 Å². The Bertz CT molecular complexity index is 231. The maximum absolute atomic E-state index is 4.10. The first-order valence-electron chi connectivity index (χ1n) is 6.73. The molecule has 0 amide bonds. The summed E-state index contributed by atoms with van der Waals surface area (Å²) in [6, 6.07) is 0. The first-order chi connectivity index (χ1) is 6.94. The molecule has 15 heavy (non-hydrogen) atoms. The third-order valence-corrected chi connectivity index (χ3v) is 5.96. The molecule has 4 rings (SSSR count). The molecule has 4 aliphatic rings. The zero-order valence-electron chi connectivity index (χ0n) is 10.5. The summed E-state index contributed by atoms with van der Waals surface area (Å²) in [7, 11) is -1.09. The fraction of sp³-hybridized carbons (Fsp3) is 1.00. The fourth-order valence-corrected chi connectivity index (χ4v) is 6.96. The van der Waals surface area contributed by atoms with Gasteiger partial charge in [0, 0.05) is 5.54 Å². The first-order valence-corrected chi connectivity index (χ1v) is 10.2. The third kappa shape index (κ3) is 1.91. The van der Waals surface area contributed by atoms with Crippen LogP contribution in [0, 0.1) is 17.8 Å². The minimum atomic E-state index is -1.09. The molecule has 4 bridgehead atoms. The van der Waals surface area contributed by atoms with Gasteiger partial charge in [0.05, 0.1) is 0 Å². The molecular formula is C13H25NSi. The molecule has 86 valence electrons. The Morgan fingerprint density at radius 3 is 1.60 bits per heavy atom. The lowest BCUT2D eigenvalue weighted by Crippen LogP contribution is -2.64. The van der Waals surface area contributed by atoms with Gasteiger partial charge in [-0.1, -0.05) is 19.6 Å². The Labute approximate surface area is 95.1 Å². The van der Waals surface area contributed by atoms with Crippen LogP contribution in [0.3, 0.4) is 0 Å². The quantitative estimate of drug-likeness (QED) is 0.708. The SMILES string of the molecule is C[Si](C)(C)NC12CC3CC(CC(C3)C1)C2. The maximum atomic E-state index is 4.10. The van der Waals surface area contributed by atoms with Gasteiger partial charge in [0.25, 0.3) is 0 Å². The molecule has 0 radical (unpaired) electrons. The van der Waals surface area contributed by atoms with E-state index in [2.05, 4.69) is 24.6 Å². The van der Waals surface area contributed by atoms with Crippen LogP contribution in [-0.4, -0.2) is 13.8 Å². The molecule has 0 spiro atoms. The summed E-state index contributed by atoms with van der Waals surface area (Å²) in [5.41, 5.74) is 0.596. The molecule has 1 nitrogen and oxygen atoms in total. The second kappa shape index (κ2) is 3.10. The van der Waals surface area contributed by atoms with Crippen LogP contribution >= 0.6 is 0 Å². The molecular weight excluding hydrogens is 198 g/mol. The van der Waals surface area contributed by atoms with Crippen molar-refractivity contribution in [3.63, 3.8) is 0 Å². The van der Waals surface area contributed by atoms with Crippen molar-refractivity contribution in [2.24, 2.45) is 17.8 Å². The van der Waals surface area contributed by atoms with Crippen LogP contribution in [-0.2, 0) is 0 Å². The minimum Gasteiger partial charge on any atom is -0.332 e. The van der Waals surface area contributed by atoms with Crippen molar-refractivity contribution in [2.75, 3.05) is 0 Å². The van der Waals surface area contributed by atoms with Crippen molar-refractivity contribution >= 4 is 8.24 Å². The summed E-state index contributed by atoms with van der Waals surface area (Å²) >= 11 is 0. The smallest absolute Gasteiger partial charge is 0.116 e. The number of hydrogen-bond donors (Lipinski definition) is 1. The summed E-state index contributed by atoms with van der Waals surface area (Å²) in [6.07, 6.45) is 9.20. The summed E-state index contributed by atoms with van der Waals surface area (Å²) in [5.74, 6) is 3.25. The van der Waals surface area contributed by atoms with E-state index in [-0.39, 0.29) is 0 Å². The normalized spacial score (nSPS) is 48.6. The Balaban J connectivity index is 1.81. The van der Waals surface area contributed by atoms with Gasteiger partial charge < -0.3 is 4.98 Å². The molecule has 0 heterocycles. The second-order valence-corrected chi connectivity index (χ2v) is 12.3. The molecule has 0 atom stereocenters. The molecule has 0 aromatic heterocycles. The lowest BCUT2D eigenvalue weighted by molar-refractivity contribution is -0.00957. The van der Waals surface area contributed by atoms with Crippen LogP contribution < -0.4 is 4.98 Å². The van der Waals surface area contributed by atoms with Crippen LogP contribution in [0.4, 0.5) is 0 Å². The molecule has 4 saturated carbocycles. The van der Waals surface area contributed by atoms with E-state index in [0.717, 1.165) is 17.8 Å². The Morgan fingerprint density at radius 1 is 0.867 bits per heavy atom. The standard InChI is InChI=1S/C13H25NSi/c1-15(2,3)14-13-7-10-4-11(8-13)6-12(5-10)9-13/h10-12,14H,4-9H2,1-3H3. The fourth-order valence-electron chi connectivity index (χ4n) is 5.06. The molecule has 0 saturated heterocycles. The van der Waals surface area contributed by atoms with Crippen LogP contribution in [0.2, 0.25) is 19.6 Å². The number of rotatable bonds is 2. The Morgan fingerprint density at radius 2 is 1.27 bits per heavy atom. The predicted octanol–water partition coefficient (Wildman–Crippen LogP) is 3.38. The van der Waals surface area contributed by atoms with E-state index in [0.29, 0.717) is 5.54 Å². The van der Waals surface area contributed by atoms with Gasteiger partial charge in [0.1, 0.15) is 8.24 Å². The van der Waals surface area contributed by atoms with Crippen LogP contribution in [0.1, 0.15) is 38.5 Å². The van der Waals surface area contributed by atoms with Gasteiger partial charge in [0.15, 0.2) is 0 Å². The van der Waals surface area contributed by atoms with Gasteiger partial charge in [-0.15, -0.1) is 0 Å². The van der Waals surface area contributed by atoms with Gasteiger partial charge in [-0.2, -0.15) is 0 Å². The van der Waals surface area contributed by atoms with E-state index in [1.165, 1.54) is 19.3 Å². The zero-order valence-corrected chi connectivity index (χ0v) is 11.5. The predicted molar refractivity (Wildman–Crippen MR) is 67.4 cm³/mol. The lowest BCUT2D eigenvalue weighted by Gasteiger charge is -2.58. The van der Waals surface area contributed by atoms with Crippen molar-refractivity contribution in [2.45, 2.75) is 63.7 Å². The molecule has 0 unspecified atom stereocenters. The summed E-state index contributed by atoms with van der Waals surface area (Å²) in [6.45, 7) is 7.39. The molecule has 0 aromatic rings. The highest BCUT2D eigenvalue weighted by Gasteiger charge is 2.51. The van der Waals surface area contributed by atoms with Gasteiger partial charge in [0.2, 0.25) is 0 Å². The largest absolute Gasteiger partial charge is 0.332 e. The molecule has 4 aliphatic carbocycles. The van der Waals surface area contributed by atoms with Crippen LogP contribution in [0.15, 0.2) is 0 Å². The highest BCUT2D eigenvalue weighted by Crippen LogP contribution is 2.55. The summed E-state index contributed by atoms with van der Waals surface area (Å²) in [5, 5.41) is 0. The van der Waals surface area contributed by atoms with Gasteiger partial charge >= 0.3 is 0 Å². The number of nitrogens with one attached hydrogen (secondary N) is 1. The van der Waals surface area contributed by atoms with Gasteiger partial charge in [-0.3, -0.25) is 0 Å². The van der Waals surface area contributed by atoms with E-state index < -0.39 is 8.24 Å². The average Bonchev–Trinajstić information content (AvgIpc) is 1.94. The van der Waals surface area contributed by atoms with Crippen molar-refractivity contribution in [3.8, 4) is 0 Å². The van der Waals surface area contributed by atoms with E-state index in [4.69, 9.17) is 0 Å². The van der Waals surface area contributed by atoms with E-state index in [1.54, 1.807) is 19.3 Å². The van der Waals surface area contributed by atoms with Crippen molar-refractivity contribution in [1.29, 1.82) is 0 Å². The van der Waals surface area contributed by atoms with Crippen LogP contribution in [0.5, 0.6) is 0 Å². The molecule has 1 N–H and O–H groups in total. The zero-order chi connectivity index (χ0) is 10.7. The highest BCUT2D eigenvalue weighted by molar-refractivity contribution is 6.73. The van der Waals surface area contributed by atoms with E-state index in [9.17, 15) is 0 Å². The van der Waals surface area contributed by atoms with E-state index >= 15 is 0 Å². The van der Waals surface area contributed by atoms with Gasteiger partial charge in [-0.05, 0) is 56.3 Å². The minimum absolute atomic E-state index is 0.596. The van der Waals surface area contributed by atoms with Crippen molar-refractivity contribution in [1.82, 2.24) is 4.98 Å². The summed E-state index contributed by atoms with van der Waals surface area (Å²) < 4.78 is 0. The molecule has 2 heteroatoms. The average molecular weight is 223 g/mol. The Kier molecular flexibility index (Phi) is 2.14. The monoisotopic (exact) mass is 223 g/mol. The van der Waals surface area contributed by atoms with Crippen molar-refractivity contribution < 1.29 is 0 Å². The molecule has 0 aliphatic heterocycles. The summed E-state index contributed by atoms with van der Waals surface area (Å²) in [4.78, 5) is 4.10.